The highest BCUT2D eigenvalue weighted by Gasteiger charge is 2.14. The first kappa shape index (κ1) is 20.7. The van der Waals surface area contributed by atoms with E-state index in [0.717, 1.165) is 35.3 Å². The molecule has 140 valence electrons. The molecule has 0 unspecified atom stereocenters. The second-order valence-corrected chi connectivity index (χ2v) is 6.42. The zero-order valence-corrected chi connectivity index (χ0v) is 16.2. The predicted molar refractivity (Wildman–Crippen MR) is 113 cm³/mol. The van der Waals surface area contributed by atoms with Crippen molar-refractivity contribution in [3.63, 3.8) is 0 Å². The van der Waals surface area contributed by atoms with Crippen molar-refractivity contribution < 1.29 is 4.79 Å². The third-order valence-corrected chi connectivity index (χ3v) is 4.68. The fraction of sp³-hybridized carbons (Fsp3) is 0.150. The molecule has 0 bridgehead atoms. The van der Waals surface area contributed by atoms with Crippen molar-refractivity contribution in [3.8, 4) is 11.3 Å². The lowest BCUT2D eigenvalue weighted by Crippen LogP contribution is -2.12. The molecule has 0 fully saturated rings. The SMILES string of the molecule is C=C.Nc1ncc(-c2ccc(C=O)cc2)nc1NCC1=C(Cl)CCC=C1Cl. The molecule has 0 saturated heterocycles. The van der Waals surface area contributed by atoms with Gasteiger partial charge in [0.25, 0.3) is 0 Å². The fourth-order valence-electron chi connectivity index (χ4n) is 2.48. The number of aldehydes is 1. The van der Waals surface area contributed by atoms with Crippen LogP contribution in [0.5, 0.6) is 0 Å². The molecule has 3 rings (SSSR count). The van der Waals surface area contributed by atoms with Gasteiger partial charge in [-0.2, -0.15) is 0 Å². The molecule has 1 aliphatic carbocycles. The zero-order chi connectivity index (χ0) is 19.8. The first-order valence-electron chi connectivity index (χ1n) is 8.24. The quantitative estimate of drug-likeness (QED) is 0.532. The fourth-order valence-corrected chi connectivity index (χ4v) is 3.10. The molecule has 1 aromatic heterocycles. The van der Waals surface area contributed by atoms with Crippen molar-refractivity contribution in [1.82, 2.24) is 9.97 Å². The normalized spacial score (nSPS) is 13.3. The van der Waals surface area contributed by atoms with E-state index in [1.807, 2.05) is 18.2 Å². The molecule has 1 heterocycles. The summed E-state index contributed by atoms with van der Waals surface area (Å²) in [7, 11) is 0. The smallest absolute Gasteiger partial charge is 0.169 e. The number of hydrogen-bond donors (Lipinski definition) is 2. The van der Waals surface area contributed by atoms with Gasteiger partial charge in [0, 0.05) is 33.3 Å². The number of benzene rings is 1. The molecule has 0 amide bonds. The number of nitrogen functional groups attached to an aromatic ring is 1. The van der Waals surface area contributed by atoms with Gasteiger partial charge in [-0.3, -0.25) is 4.79 Å². The summed E-state index contributed by atoms with van der Waals surface area (Å²) in [5.74, 6) is 0.755. The number of hydrogen-bond acceptors (Lipinski definition) is 5. The topological polar surface area (TPSA) is 80.9 Å². The van der Waals surface area contributed by atoms with Gasteiger partial charge in [0.1, 0.15) is 6.29 Å². The number of allylic oxidation sites excluding steroid dienone is 2. The summed E-state index contributed by atoms with van der Waals surface area (Å²) >= 11 is 12.5. The highest BCUT2D eigenvalue weighted by Crippen LogP contribution is 2.31. The number of nitrogens with zero attached hydrogens (tertiary/aromatic N) is 2. The number of anilines is 2. The maximum Gasteiger partial charge on any atom is 0.169 e. The standard InChI is InChI=1S/C18H16Cl2N4O.C2H4/c19-14-2-1-3-15(20)13(14)8-23-18-17(21)22-9-16(24-18)12-6-4-11(10-25)5-7-12;1-2/h2,4-7,9-10H,1,3,8H2,(H2,21,22)(H,23,24);1-2H2. The van der Waals surface area contributed by atoms with Crippen LogP contribution < -0.4 is 11.1 Å². The van der Waals surface area contributed by atoms with Gasteiger partial charge in [0.15, 0.2) is 11.6 Å². The number of rotatable bonds is 5. The molecule has 1 aliphatic rings. The third kappa shape index (κ3) is 5.18. The first-order valence-corrected chi connectivity index (χ1v) is 8.99. The van der Waals surface area contributed by atoms with Crippen LogP contribution in [0.4, 0.5) is 11.6 Å². The maximum absolute atomic E-state index is 10.8. The molecule has 0 spiro atoms. The largest absolute Gasteiger partial charge is 0.381 e. The van der Waals surface area contributed by atoms with Crippen LogP contribution in [0.3, 0.4) is 0 Å². The van der Waals surface area contributed by atoms with Crippen molar-refractivity contribution in [1.29, 1.82) is 0 Å². The van der Waals surface area contributed by atoms with Crippen LogP contribution in [-0.4, -0.2) is 22.8 Å². The number of aromatic nitrogens is 2. The molecule has 0 radical (unpaired) electrons. The molecule has 1 aromatic carbocycles. The van der Waals surface area contributed by atoms with Crippen LogP contribution in [0.25, 0.3) is 11.3 Å². The van der Waals surface area contributed by atoms with Crippen LogP contribution in [0.15, 0.2) is 65.3 Å². The molecule has 3 N–H and O–H groups in total. The van der Waals surface area contributed by atoms with Crippen LogP contribution in [-0.2, 0) is 0 Å². The number of nitrogens with two attached hydrogens (primary N) is 1. The highest BCUT2D eigenvalue weighted by molar-refractivity contribution is 6.36. The van der Waals surface area contributed by atoms with E-state index in [9.17, 15) is 4.79 Å². The average molecular weight is 403 g/mol. The molecule has 7 heteroatoms. The van der Waals surface area contributed by atoms with Crippen LogP contribution in [0, 0.1) is 0 Å². The van der Waals surface area contributed by atoms with Crippen molar-refractivity contribution >= 4 is 41.1 Å². The summed E-state index contributed by atoms with van der Waals surface area (Å²) in [5, 5.41) is 4.55. The van der Waals surface area contributed by atoms with E-state index in [1.54, 1.807) is 18.3 Å². The van der Waals surface area contributed by atoms with Gasteiger partial charge >= 0.3 is 0 Å². The lowest BCUT2D eigenvalue weighted by molar-refractivity contribution is 0.112. The Morgan fingerprint density at radius 2 is 1.93 bits per heavy atom. The minimum atomic E-state index is 0.292. The molecule has 2 aromatic rings. The van der Waals surface area contributed by atoms with Gasteiger partial charge in [-0.05, 0) is 12.8 Å². The third-order valence-electron chi connectivity index (χ3n) is 3.88. The van der Waals surface area contributed by atoms with Gasteiger partial charge in [-0.15, -0.1) is 13.2 Å². The van der Waals surface area contributed by atoms with Crippen molar-refractivity contribution in [3.05, 3.63) is 70.9 Å². The Hall–Kier alpha value is -2.63. The maximum atomic E-state index is 10.8. The Kier molecular flexibility index (Phi) is 7.58. The van der Waals surface area contributed by atoms with E-state index in [1.165, 1.54) is 0 Å². The molecular formula is C20H20Cl2N4O. The van der Waals surface area contributed by atoms with E-state index in [0.29, 0.717) is 34.5 Å². The average Bonchev–Trinajstić information content (AvgIpc) is 2.70. The van der Waals surface area contributed by atoms with E-state index < -0.39 is 0 Å². The second kappa shape index (κ2) is 9.90. The lowest BCUT2D eigenvalue weighted by atomic mass is 10.1. The Labute approximate surface area is 168 Å². The van der Waals surface area contributed by atoms with Gasteiger partial charge in [0.2, 0.25) is 0 Å². The number of nitrogens with one attached hydrogen (secondary N) is 1. The summed E-state index contributed by atoms with van der Waals surface area (Å²) in [5.41, 5.74) is 8.86. The zero-order valence-electron chi connectivity index (χ0n) is 14.7. The summed E-state index contributed by atoms with van der Waals surface area (Å²) in [6.45, 7) is 6.42. The van der Waals surface area contributed by atoms with E-state index in [-0.39, 0.29) is 0 Å². The van der Waals surface area contributed by atoms with Crippen LogP contribution in [0.2, 0.25) is 0 Å². The van der Waals surface area contributed by atoms with Gasteiger partial charge in [-0.1, -0.05) is 53.5 Å². The first-order chi connectivity index (χ1) is 13.1. The Morgan fingerprint density at radius 3 is 2.56 bits per heavy atom. The summed E-state index contributed by atoms with van der Waals surface area (Å²) in [6.07, 6.45) is 5.96. The van der Waals surface area contributed by atoms with Gasteiger partial charge in [0.05, 0.1) is 11.9 Å². The summed E-state index contributed by atoms with van der Waals surface area (Å²) in [6, 6.07) is 7.08. The van der Waals surface area contributed by atoms with Crippen molar-refractivity contribution in [2.45, 2.75) is 12.8 Å². The minimum absolute atomic E-state index is 0.292. The van der Waals surface area contributed by atoms with Crippen molar-refractivity contribution in [2.75, 3.05) is 17.6 Å². The monoisotopic (exact) mass is 402 g/mol. The summed E-state index contributed by atoms with van der Waals surface area (Å²) < 4.78 is 0. The highest BCUT2D eigenvalue weighted by atomic mass is 35.5. The molecule has 0 aliphatic heterocycles. The molecule has 0 saturated carbocycles. The Bertz CT molecular complexity index is 876. The molecular weight excluding hydrogens is 383 g/mol. The van der Waals surface area contributed by atoms with E-state index in [2.05, 4.69) is 28.4 Å². The summed E-state index contributed by atoms with van der Waals surface area (Å²) in [4.78, 5) is 19.5. The van der Waals surface area contributed by atoms with E-state index in [4.69, 9.17) is 28.9 Å². The number of carbonyl (C=O) groups is 1. The molecule has 5 nitrogen and oxygen atoms in total. The van der Waals surface area contributed by atoms with Crippen LogP contribution >= 0.6 is 23.2 Å². The molecule has 0 atom stereocenters. The Balaban J connectivity index is 0.00000126. The minimum Gasteiger partial charge on any atom is -0.381 e. The number of carbonyl (C=O) groups excluding carboxylic acids is 1. The lowest BCUT2D eigenvalue weighted by Gasteiger charge is -2.16. The number of halogens is 2. The van der Waals surface area contributed by atoms with Crippen molar-refractivity contribution in [2.24, 2.45) is 0 Å². The van der Waals surface area contributed by atoms with Gasteiger partial charge in [-0.25, -0.2) is 9.97 Å². The molecule has 27 heavy (non-hydrogen) atoms. The van der Waals surface area contributed by atoms with Gasteiger partial charge < -0.3 is 11.1 Å². The second-order valence-electron chi connectivity index (χ2n) is 5.56. The van der Waals surface area contributed by atoms with E-state index >= 15 is 0 Å². The Morgan fingerprint density at radius 1 is 1.22 bits per heavy atom. The van der Waals surface area contributed by atoms with Crippen LogP contribution in [0.1, 0.15) is 23.2 Å². The predicted octanol–water partition coefficient (Wildman–Crippen LogP) is 5.16.